The molecule has 0 saturated heterocycles. The summed E-state index contributed by atoms with van der Waals surface area (Å²) in [6.45, 7) is 0.258. The molecule has 6 heteroatoms. The average molecular weight is 469 g/mol. The number of carboxylic acid groups (broad SMARTS) is 1. The van der Waals surface area contributed by atoms with Crippen molar-refractivity contribution in [3.8, 4) is 0 Å². The fraction of sp³-hybridized carbons (Fsp3) is 0.464. The van der Waals surface area contributed by atoms with Crippen LogP contribution in [0.3, 0.4) is 0 Å². The van der Waals surface area contributed by atoms with Gasteiger partial charge in [-0.25, -0.2) is 0 Å². The van der Waals surface area contributed by atoms with Crippen LogP contribution in [0.4, 0.5) is 0 Å². The van der Waals surface area contributed by atoms with Crippen molar-refractivity contribution in [1.29, 1.82) is 0 Å². The quantitative estimate of drug-likeness (QED) is 0.172. The number of aliphatic carboxylic acids is 1. The molecule has 0 heterocycles. The van der Waals surface area contributed by atoms with Gasteiger partial charge >= 0.3 is 17.9 Å². The predicted octanol–water partition coefficient (Wildman–Crippen LogP) is 6.08. The summed E-state index contributed by atoms with van der Waals surface area (Å²) in [5.74, 6) is -2.75. The van der Waals surface area contributed by atoms with Gasteiger partial charge in [-0.2, -0.15) is 0 Å². The predicted molar refractivity (Wildman–Crippen MR) is 130 cm³/mol. The Hall–Kier alpha value is -3.15. The number of hydrogen-bond donors (Lipinski definition) is 1. The van der Waals surface area contributed by atoms with Crippen LogP contribution in [0, 0.1) is 5.92 Å². The van der Waals surface area contributed by atoms with Gasteiger partial charge in [-0.05, 0) is 24.0 Å². The van der Waals surface area contributed by atoms with Crippen molar-refractivity contribution in [3.05, 3.63) is 71.8 Å². The lowest BCUT2D eigenvalue weighted by Crippen LogP contribution is -2.28. The molecule has 184 valence electrons. The fourth-order valence-corrected chi connectivity index (χ4v) is 3.68. The van der Waals surface area contributed by atoms with E-state index in [1.54, 1.807) is 0 Å². The van der Waals surface area contributed by atoms with Gasteiger partial charge in [0.25, 0.3) is 0 Å². The minimum absolute atomic E-state index is 0.129. The number of unbranched alkanes of at least 4 members (excludes halogenated alkanes) is 7. The maximum Gasteiger partial charge on any atom is 0.320 e. The van der Waals surface area contributed by atoms with Crippen LogP contribution >= 0.6 is 0 Å². The number of carbonyl (C=O) groups is 3. The van der Waals surface area contributed by atoms with Gasteiger partial charge in [0.05, 0.1) is 0 Å². The molecule has 0 aliphatic heterocycles. The van der Waals surface area contributed by atoms with Crippen molar-refractivity contribution < 1.29 is 29.0 Å². The molecule has 0 bridgehead atoms. The highest BCUT2D eigenvalue weighted by Gasteiger charge is 2.29. The maximum absolute atomic E-state index is 12.7. The summed E-state index contributed by atoms with van der Waals surface area (Å²) in [4.78, 5) is 36.0. The summed E-state index contributed by atoms with van der Waals surface area (Å²) >= 11 is 0. The van der Waals surface area contributed by atoms with Gasteiger partial charge < -0.3 is 14.6 Å². The molecular weight excluding hydrogens is 432 g/mol. The lowest BCUT2D eigenvalue weighted by atomic mass is 10.00. The molecule has 0 unspecified atom stereocenters. The Morgan fingerprint density at radius 2 is 1.03 bits per heavy atom. The summed E-state index contributed by atoms with van der Waals surface area (Å²) in [7, 11) is 0. The number of benzene rings is 2. The molecule has 6 nitrogen and oxygen atoms in total. The second-order valence-corrected chi connectivity index (χ2v) is 8.50. The van der Waals surface area contributed by atoms with Crippen LogP contribution < -0.4 is 0 Å². The number of ether oxygens (including phenoxy) is 2. The number of rotatable bonds is 17. The third-order valence-corrected chi connectivity index (χ3v) is 5.65. The van der Waals surface area contributed by atoms with Gasteiger partial charge in [-0.15, -0.1) is 0 Å². The molecule has 2 rings (SSSR count). The van der Waals surface area contributed by atoms with E-state index in [-0.39, 0.29) is 19.6 Å². The normalized spacial score (nSPS) is 10.7. The molecular formula is C28H36O6. The third kappa shape index (κ3) is 11.6. The minimum Gasteiger partial charge on any atom is -0.481 e. The second kappa shape index (κ2) is 16.5. The van der Waals surface area contributed by atoms with Crippen LogP contribution in [-0.2, 0) is 37.1 Å². The lowest BCUT2D eigenvalue weighted by molar-refractivity contribution is -0.164. The van der Waals surface area contributed by atoms with Gasteiger partial charge in [0.15, 0.2) is 5.92 Å². The van der Waals surface area contributed by atoms with Crippen molar-refractivity contribution in [1.82, 2.24) is 0 Å². The Bertz CT molecular complexity index is 794. The molecule has 0 aliphatic rings. The molecule has 0 spiro atoms. The highest BCUT2D eigenvalue weighted by molar-refractivity contribution is 5.94. The van der Waals surface area contributed by atoms with E-state index in [1.807, 2.05) is 60.7 Å². The van der Waals surface area contributed by atoms with Crippen LogP contribution in [-0.4, -0.2) is 23.0 Å². The minimum atomic E-state index is -0.927. The standard InChI is InChI=1S/C28H36O6/c29-26(30)20-14-6-4-2-1-3-5-13-19-25(27(31)33-21-23-15-9-7-10-16-23)28(32)34-22-24-17-11-8-12-18-24/h7-12,15-18,25H,1-6,13-14,19-22H2,(H,29,30). The summed E-state index contributed by atoms with van der Waals surface area (Å²) < 4.78 is 10.9. The Balaban J connectivity index is 1.75. The number of carboxylic acids is 1. The van der Waals surface area contributed by atoms with Crippen LogP contribution in [0.15, 0.2) is 60.7 Å². The summed E-state index contributed by atoms with van der Waals surface area (Å²) in [5, 5.41) is 8.65. The zero-order valence-electron chi connectivity index (χ0n) is 19.8. The molecule has 1 N–H and O–H groups in total. The SMILES string of the molecule is O=C(O)CCCCCCCCCCC(C(=O)OCc1ccccc1)C(=O)OCc1ccccc1. The lowest BCUT2D eigenvalue weighted by Gasteiger charge is -2.16. The summed E-state index contributed by atoms with van der Waals surface area (Å²) in [6, 6.07) is 18.8. The van der Waals surface area contributed by atoms with E-state index >= 15 is 0 Å². The van der Waals surface area contributed by atoms with Crippen molar-refractivity contribution in [3.63, 3.8) is 0 Å². The molecule has 0 aromatic heterocycles. The third-order valence-electron chi connectivity index (χ3n) is 5.65. The monoisotopic (exact) mass is 468 g/mol. The molecule has 0 fully saturated rings. The van der Waals surface area contributed by atoms with E-state index < -0.39 is 23.8 Å². The smallest absolute Gasteiger partial charge is 0.320 e. The summed E-state index contributed by atoms with van der Waals surface area (Å²) in [6.07, 6.45) is 8.16. The first kappa shape index (κ1) is 27.1. The first-order valence-corrected chi connectivity index (χ1v) is 12.2. The van der Waals surface area contributed by atoms with E-state index in [4.69, 9.17) is 14.6 Å². The Kier molecular flexibility index (Phi) is 13.1. The first-order valence-electron chi connectivity index (χ1n) is 12.2. The fourth-order valence-electron chi connectivity index (χ4n) is 3.68. The van der Waals surface area contributed by atoms with Crippen LogP contribution in [0.1, 0.15) is 75.3 Å². The number of hydrogen-bond acceptors (Lipinski definition) is 5. The second-order valence-electron chi connectivity index (χ2n) is 8.50. The Morgan fingerprint density at radius 1 is 0.618 bits per heavy atom. The molecule has 2 aromatic rings. The van der Waals surface area contributed by atoms with Crippen molar-refractivity contribution in [2.45, 2.75) is 77.4 Å². The average Bonchev–Trinajstić information content (AvgIpc) is 2.85. The Labute approximate surface area is 202 Å². The summed E-state index contributed by atoms with van der Waals surface area (Å²) in [5.41, 5.74) is 1.74. The highest BCUT2D eigenvalue weighted by atomic mass is 16.6. The Morgan fingerprint density at radius 3 is 1.47 bits per heavy atom. The molecule has 34 heavy (non-hydrogen) atoms. The molecule has 0 amide bonds. The van der Waals surface area contributed by atoms with Gasteiger partial charge in [-0.1, -0.05) is 106 Å². The molecule has 2 aromatic carbocycles. The van der Waals surface area contributed by atoms with Crippen molar-refractivity contribution in [2.75, 3.05) is 0 Å². The number of carbonyl (C=O) groups excluding carboxylic acids is 2. The van der Waals surface area contributed by atoms with Gasteiger partial charge in [0, 0.05) is 6.42 Å². The molecule has 0 radical (unpaired) electrons. The van der Waals surface area contributed by atoms with E-state index in [2.05, 4.69) is 0 Å². The van der Waals surface area contributed by atoms with E-state index in [0.717, 1.165) is 62.5 Å². The van der Waals surface area contributed by atoms with E-state index in [9.17, 15) is 14.4 Å². The van der Waals surface area contributed by atoms with Crippen LogP contribution in [0.5, 0.6) is 0 Å². The van der Waals surface area contributed by atoms with Gasteiger partial charge in [0.1, 0.15) is 13.2 Å². The topological polar surface area (TPSA) is 89.9 Å². The van der Waals surface area contributed by atoms with E-state index in [0.29, 0.717) is 6.42 Å². The number of esters is 2. The van der Waals surface area contributed by atoms with Crippen molar-refractivity contribution in [2.24, 2.45) is 5.92 Å². The van der Waals surface area contributed by atoms with Crippen LogP contribution in [0.25, 0.3) is 0 Å². The van der Waals surface area contributed by atoms with Gasteiger partial charge in [-0.3, -0.25) is 14.4 Å². The highest BCUT2D eigenvalue weighted by Crippen LogP contribution is 2.18. The first-order chi connectivity index (χ1) is 16.6. The molecule has 0 saturated carbocycles. The van der Waals surface area contributed by atoms with Crippen LogP contribution in [0.2, 0.25) is 0 Å². The van der Waals surface area contributed by atoms with Gasteiger partial charge in [0.2, 0.25) is 0 Å². The zero-order valence-corrected chi connectivity index (χ0v) is 19.8. The maximum atomic E-state index is 12.7. The molecule has 0 aliphatic carbocycles. The molecule has 0 atom stereocenters. The van der Waals surface area contributed by atoms with E-state index in [1.165, 1.54) is 0 Å². The van der Waals surface area contributed by atoms with Crippen molar-refractivity contribution >= 4 is 17.9 Å². The zero-order chi connectivity index (χ0) is 24.4. The largest absolute Gasteiger partial charge is 0.481 e.